The number of nitrogens with zero attached hydrogens (tertiary/aromatic N) is 1. The molecular weight excluding hydrogens is 330 g/mol. The first-order valence-electron chi connectivity index (χ1n) is 7.30. The number of ether oxygens (including phenoxy) is 2. The third kappa shape index (κ3) is 5.31. The second-order valence-corrected chi connectivity index (χ2v) is 6.92. The molecule has 24 heavy (non-hydrogen) atoms. The second-order valence-electron chi connectivity index (χ2n) is 5.17. The van der Waals surface area contributed by atoms with Crippen molar-refractivity contribution in [3.05, 3.63) is 42.1 Å². The third-order valence-electron chi connectivity index (χ3n) is 3.24. The van der Waals surface area contributed by atoms with Crippen molar-refractivity contribution in [2.45, 2.75) is 6.42 Å². The van der Waals surface area contributed by atoms with Crippen LogP contribution in [0.25, 0.3) is 0 Å². The Balaban J connectivity index is 1.90. The molecule has 7 nitrogen and oxygen atoms in total. The van der Waals surface area contributed by atoms with Crippen LogP contribution in [-0.4, -0.2) is 40.4 Å². The van der Waals surface area contributed by atoms with Crippen LogP contribution < -0.4 is 19.5 Å². The number of nitrogens with one attached hydrogen (secondary N) is 2. The minimum absolute atomic E-state index is 0.294. The van der Waals surface area contributed by atoms with Gasteiger partial charge in [0.2, 0.25) is 10.0 Å². The van der Waals surface area contributed by atoms with Crippen LogP contribution in [0.5, 0.6) is 11.5 Å². The van der Waals surface area contributed by atoms with Gasteiger partial charge in [0.05, 0.1) is 32.4 Å². The molecule has 1 heterocycles. The monoisotopic (exact) mass is 351 g/mol. The number of methoxy groups -OCH3 is 2. The summed E-state index contributed by atoms with van der Waals surface area (Å²) >= 11 is 0. The molecule has 0 bridgehead atoms. The molecule has 2 N–H and O–H groups in total. The zero-order valence-electron chi connectivity index (χ0n) is 13.9. The summed E-state index contributed by atoms with van der Waals surface area (Å²) in [5.41, 5.74) is 1.93. The first kappa shape index (κ1) is 17.9. The molecule has 2 aromatic rings. The third-order valence-corrected chi connectivity index (χ3v) is 3.82. The van der Waals surface area contributed by atoms with Crippen LogP contribution in [0.15, 0.2) is 36.5 Å². The van der Waals surface area contributed by atoms with Crippen molar-refractivity contribution in [2.75, 3.05) is 37.1 Å². The van der Waals surface area contributed by atoms with E-state index in [2.05, 4.69) is 15.0 Å². The van der Waals surface area contributed by atoms with Gasteiger partial charge in [-0.15, -0.1) is 0 Å². The van der Waals surface area contributed by atoms with Gasteiger partial charge >= 0.3 is 0 Å². The standard InChI is InChI=1S/C16H21N3O4S/c1-22-14-6-4-12(10-15(14)23-2)8-9-17-13-5-7-16(18-11-13)19-24(3,20)21/h4-7,10-11,17H,8-9H2,1-3H3,(H,18,19). The van der Waals surface area contributed by atoms with Gasteiger partial charge in [-0.05, 0) is 36.2 Å². The molecule has 0 aliphatic heterocycles. The maximum Gasteiger partial charge on any atom is 0.230 e. The van der Waals surface area contributed by atoms with Crippen LogP contribution in [-0.2, 0) is 16.4 Å². The second kappa shape index (κ2) is 7.87. The molecule has 1 aromatic carbocycles. The highest BCUT2D eigenvalue weighted by Crippen LogP contribution is 2.27. The van der Waals surface area contributed by atoms with Crippen molar-refractivity contribution in [1.82, 2.24) is 4.98 Å². The predicted molar refractivity (Wildman–Crippen MR) is 94.4 cm³/mol. The molecule has 2 rings (SSSR count). The topological polar surface area (TPSA) is 89.6 Å². The fraction of sp³-hybridized carbons (Fsp3) is 0.312. The van der Waals surface area contributed by atoms with Crippen molar-refractivity contribution in [3.8, 4) is 11.5 Å². The average Bonchev–Trinajstić information content (AvgIpc) is 2.55. The number of rotatable bonds is 8. The van der Waals surface area contributed by atoms with E-state index in [-0.39, 0.29) is 0 Å². The molecule has 0 aliphatic carbocycles. The number of hydrogen-bond donors (Lipinski definition) is 2. The minimum Gasteiger partial charge on any atom is -0.493 e. The molecule has 8 heteroatoms. The lowest BCUT2D eigenvalue weighted by molar-refractivity contribution is 0.354. The molecule has 0 unspecified atom stereocenters. The summed E-state index contributed by atoms with van der Waals surface area (Å²) in [7, 11) is -0.0961. The summed E-state index contributed by atoms with van der Waals surface area (Å²) in [5.74, 6) is 1.70. The Morgan fingerprint density at radius 1 is 1.08 bits per heavy atom. The maximum atomic E-state index is 11.1. The SMILES string of the molecule is COc1ccc(CCNc2ccc(NS(C)(=O)=O)nc2)cc1OC. The number of anilines is 2. The molecule has 1 aromatic heterocycles. The summed E-state index contributed by atoms with van der Waals surface area (Å²) in [4.78, 5) is 4.05. The van der Waals surface area contributed by atoms with Crippen molar-refractivity contribution >= 4 is 21.5 Å². The van der Waals surface area contributed by atoms with E-state index in [4.69, 9.17) is 9.47 Å². The summed E-state index contributed by atoms with van der Waals surface area (Å²) in [5, 5.41) is 3.24. The van der Waals surface area contributed by atoms with E-state index >= 15 is 0 Å². The highest BCUT2D eigenvalue weighted by Gasteiger charge is 2.05. The molecular formula is C16H21N3O4S. The van der Waals surface area contributed by atoms with E-state index in [9.17, 15) is 8.42 Å². The van der Waals surface area contributed by atoms with E-state index in [1.54, 1.807) is 32.5 Å². The summed E-state index contributed by atoms with van der Waals surface area (Å²) in [6.45, 7) is 0.704. The van der Waals surface area contributed by atoms with Gasteiger partial charge in [-0.1, -0.05) is 6.07 Å². The van der Waals surface area contributed by atoms with Crippen molar-refractivity contribution in [2.24, 2.45) is 0 Å². The summed E-state index contributed by atoms with van der Waals surface area (Å²) in [6.07, 6.45) is 3.47. The average molecular weight is 351 g/mol. The molecule has 0 spiro atoms. The fourth-order valence-electron chi connectivity index (χ4n) is 2.14. The first-order valence-corrected chi connectivity index (χ1v) is 9.19. The van der Waals surface area contributed by atoms with E-state index in [1.807, 2.05) is 18.2 Å². The summed E-state index contributed by atoms with van der Waals surface area (Å²) in [6, 6.07) is 9.19. The Morgan fingerprint density at radius 2 is 1.83 bits per heavy atom. The number of sulfonamides is 1. The molecule has 0 saturated carbocycles. The van der Waals surface area contributed by atoms with Crippen LogP contribution in [0.4, 0.5) is 11.5 Å². The van der Waals surface area contributed by atoms with Gasteiger partial charge in [0.1, 0.15) is 5.82 Å². The van der Waals surface area contributed by atoms with Gasteiger partial charge in [0, 0.05) is 6.54 Å². The molecule has 0 aliphatic rings. The quantitative estimate of drug-likeness (QED) is 0.757. The van der Waals surface area contributed by atoms with Crippen LogP contribution in [0, 0.1) is 0 Å². The van der Waals surface area contributed by atoms with Crippen molar-refractivity contribution in [1.29, 1.82) is 0 Å². The zero-order chi connectivity index (χ0) is 17.6. The van der Waals surface area contributed by atoms with E-state index in [0.717, 1.165) is 23.9 Å². The first-order chi connectivity index (χ1) is 11.4. The number of hydrogen-bond acceptors (Lipinski definition) is 6. The predicted octanol–water partition coefficient (Wildman–Crippen LogP) is 2.12. The lowest BCUT2D eigenvalue weighted by Crippen LogP contribution is -2.11. The number of benzene rings is 1. The molecule has 0 fully saturated rings. The number of pyridine rings is 1. The Kier molecular flexibility index (Phi) is 5.86. The lowest BCUT2D eigenvalue weighted by Gasteiger charge is -2.11. The number of aromatic nitrogens is 1. The van der Waals surface area contributed by atoms with Crippen molar-refractivity contribution in [3.63, 3.8) is 0 Å². The van der Waals surface area contributed by atoms with E-state index < -0.39 is 10.0 Å². The fourth-order valence-corrected chi connectivity index (χ4v) is 2.64. The Bertz CT molecular complexity index is 776. The Morgan fingerprint density at radius 3 is 2.42 bits per heavy atom. The smallest absolute Gasteiger partial charge is 0.230 e. The highest BCUT2D eigenvalue weighted by molar-refractivity contribution is 7.92. The lowest BCUT2D eigenvalue weighted by atomic mass is 10.1. The van der Waals surface area contributed by atoms with Gasteiger partial charge in [-0.3, -0.25) is 4.72 Å². The largest absolute Gasteiger partial charge is 0.493 e. The molecule has 0 radical (unpaired) electrons. The Labute approximate surface area is 142 Å². The van der Waals surface area contributed by atoms with Crippen molar-refractivity contribution < 1.29 is 17.9 Å². The van der Waals surface area contributed by atoms with Crippen LogP contribution >= 0.6 is 0 Å². The van der Waals surface area contributed by atoms with Gasteiger partial charge in [-0.2, -0.15) is 0 Å². The minimum atomic E-state index is -3.31. The van der Waals surface area contributed by atoms with Gasteiger partial charge in [0.15, 0.2) is 11.5 Å². The van der Waals surface area contributed by atoms with Gasteiger partial charge in [0.25, 0.3) is 0 Å². The van der Waals surface area contributed by atoms with Crippen LogP contribution in [0.2, 0.25) is 0 Å². The Hall–Kier alpha value is -2.48. The molecule has 130 valence electrons. The van der Waals surface area contributed by atoms with E-state index in [1.165, 1.54) is 0 Å². The molecule has 0 atom stereocenters. The molecule has 0 saturated heterocycles. The van der Waals surface area contributed by atoms with Gasteiger partial charge in [-0.25, -0.2) is 13.4 Å². The molecule has 0 amide bonds. The highest BCUT2D eigenvalue weighted by atomic mass is 32.2. The zero-order valence-corrected chi connectivity index (χ0v) is 14.7. The van der Waals surface area contributed by atoms with E-state index in [0.29, 0.717) is 23.9 Å². The summed E-state index contributed by atoms with van der Waals surface area (Å²) < 4.78 is 35.1. The maximum absolute atomic E-state index is 11.1. The van der Waals surface area contributed by atoms with Crippen LogP contribution in [0.3, 0.4) is 0 Å². The van der Waals surface area contributed by atoms with Crippen LogP contribution in [0.1, 0.15) is 5.56 Å². The van der Waals surface area contributed by atoms with Gasteiger partial charge < -0.3 is 14.8 Å². The normalized spacial score (nSPS) is 11.0.